The minimum atomic E-state index is -0.626. The molecule has 3 N–H and O–H groups in total. The van der Waals surface area contributed by atoms with Gasteiger partial charge in [-0.2, -0.15) is 0 Å². The number of nitrogens with one attached hydrogen (secondary N) is 1. The Hall–Kier alpha value is -2.68. The molecule has 1 aliphatic rings. The summed E-state index contributed by atoms with van der Waals surface area (Å²) < 4.78 is 5.83. The molecular weight excluding hydrogens is 352 g/mol. The number of nitro benzene ring substituents is 1. The predicted octanol–water partition coefficient (Wildman–Crippen LogP) is 1.06. The zero-order chi connectivity index (χ0) is 20.0. The number of carbonyl (C=O) groups is 2. The maximum Gasteiger partial charge on any atom is 0.269 e. The lowest BCUT2D eigenvalue weighted by molar-refractivity contribution is -0.384. The molecule has 9 heteroatoms. The van der Waals surface area contributed by atoms with E-state index < -0.39 is 11.0 Å². The topological polar surface area (TPSA) is 128 Å². The third-order valence-electron chi connectivity index (χ3n) is 4.58. The first kappa shape index (κ1) is 20.6. The average molecular weight is 378 g/mol. The van der Waals surface area contributed by atoms with Gasteiger partial charge in [0.2, 0.25) is 11.8 Å². The minimum Gasteiger partial charge on any atom is -0.490 e. The zero-order valence-corrected chi connectivity index (χ0v) is 15.6. The number of amides is 2. The summed E-state index contributed by atoms with van der Waals surface area (Å²) in [6.07, 6.45) is 1.25. The van der Waals surface area contributed by atoms with Crippen molar-refractivity contribution in [2.45, 2.75) is 38.8 Å². The average Bonchev–Trinajstić information content (AvgIpc) is 2.66. The number of nitrogens with two attached hydrogens (primary N) is 1. The van der Waals surface area contributed by atoms with Crippen LogP contribution in [0.1, 0.15) is 26.7 Å². The number of rotatable bonds is 7. The maximum atomic E-state index is 12.2. The van der Waals surface area contributed by atoms with Crippen molar-refractivity contribution in [3.05, 3.63) is 34.4 Å². The van der Waals surface area contributed by atoms with Crippen LogP contribution in [0.25, 0.3) is 0 Å². The monoisotopic (exact) mass is 378 g/mol. The molecule has 1 atom stereocenters. The molecule has 2 amide bonds. The van der Waals surface area contributed by atoms with Crippen LogP contribution in [0.4, 0.5) is 5.69 Å². The number of hydrogen-bond donors (Lipinski definition) is 2. The van der Waals surface area contributed by atoms with E-state index in [1.165, 1.54) is 12.1 Å². The summed E-state index contributed by atoms with van der Waals surface area (Å²) in [5, 5.41) is 13.2. The quantitative estimate of drug-likeness (QED) is 0.539. The highest BCUT2D eigenvalue weighted by molar-refractivity contribution is 5.87. The number of benzene rings is 1. The Morgan fingerprint density at radius 3 is 2.41 bits per heavy atom. The summed E-state index contributed by atoms with van der Waals surface area (Å²) in [4.78, 5) is 35.9. The summed E-state index contributed by atoms with van der Waals surface area (Å²) in [5.74, 6) is 0.107. The van der Waals surface area contributed by atoms with Crippen molar-refractivity contribution in [2.24, 2.45) is 11.7 Å². The van der Waals surface area contributed by atoms with Gasteiger partial charge in [-0.25, -0.2) is 0 Å². The third-order valence-corrected chi connectivity index (χ3v) is 4.58. The highest BCUT2D eigenvalue weighted by Crippen LogP contribution is 2.22. The smallest absolute Gasteiger partial charge is 0.269 e. The van der Waals surface area contributed by atoms with Gasteiger partial charge in [0, 0.05) is 38.1 Å². The van der Waals surface area contributed by atoms with E-state index in [0.717, 1.165) is 0 Å². The van der Waals surface area contributed by atoms with Gasteiger partial charge in [0.1, 0.15) is 11.9 Å². The molecule has 0 aromatic heterocycles. The van der Waals surface area contributed by atoms with Gasteiger partial charge in [0.05, 0.1) is 17.5 Å². The maximum absolute atomic E-state index is 12.2. The number of carbonyl (C=O) groups excluding carboxylic acids is 2. The molecule has 1 fully saturated rings. The third kappa shape index (κ3) is 5.92. The highest BCUT2D eigenvalue weighted by atomic mass is 16.6. The van der Waals surface area contributed by atoms with Crippen molar-refractivity contribution in [1.29, 1.82) is 0 Å². The predicted molar refractivity (Wildman–Crippen MR) is 99.1 cm³/mol. The number of ether oxygens (including phenoxy) is 1. The molecule has 1 aromatic rings. The SMILES string of the molecule is CC(C)[C@H](N)C(=O)NCC(=O)N1CCC(Oc2ccc([N+](=O)[O-])cc2)CC1. The van der Waals surface area contributed by atoms with Gasteiger partial charge < -0.3 is 20.7 Å². The van der Waals surface area contributed by atoms with E-state index in [-0.39, 0.29) is 36.1 Å². The lowest BCUT2D eigenvalue weighted by atomic mass is 10.1. The summed E-state index contributed by atoms with van der Waals surface area (Å²) >= 11 is 0. The van der Waals surface area contributed by atoms with E-state index in [2.05, 4.69) is 5.32 Å². The molecule has 1 aromatic carbocycles. The Morgan fingerprint density at radius 2 is 1.89 bits per heavy atom. The van der Waals surface area contributed by atoms with E-state index in [1.54, 1.807) is 17.0 Å². The molecule has 1 saturated heterocycles. The first-order valence-electron chi connectivity index (χ1n) is 9.00. The molecule has 27 heavy (non-hydrogen) atoms. The molecule has 0 bridgehead atoms. The van der Waals surface area contributed by atoms with Gasteiger partial charge in [-0.15, -0.1) is 0 Å². The van der Waals surface area contributed by atoms with Gasteiger partial charge in [0.15, 0.2) is 0 Å². The lowest BCUT2D eigenvalue weighted by Crippen LogP contribution is -2.49. The van der Waals surface area contributed by atoms with Crippen LogP contribution in [0.2, 0.25) is 0 Å². The fraction of sp³-hybridized carbons (Fsp3) is 0.556. The standard InChI is InChI=1S/C18H26N4O5/c1-12(2)17(19)18(24)20-11-16(23)21-9-7-15(8-10-21)27-14-5-3-13(4-6-14)22(25)26/h3-6,12,15,17H,7-11,19H2,1-2H3,(H,20,24)/t17-/m0/s1. The highest BCUT2D eigenvalue weighted by Gasteiger charge is 2.25. The van der Waals surface area contributed by atoms with Crippen molar-refractivity contribution < 1.29 is 19.2 Å². The second kappa shape index (κ2) is 9.31. The molecule has 0 radical (unpaired) electrons. The molecule has 1 heterocycles. The number of non-ortho nitro benzene ring substituents is 1. The number of piperidine rings is 1. The fourth-order valence-electron chi connectivity index (χ4n) is 2.76. The van der Waals surface area contributed by atoms with Crippen molar-refractivity contribution in [3.8, 4) is 5.75 Å². The summed E-state index contributed by atoms with van der Waals surface area (Å²) in [5.41, 5.74) is 5.77. The van der Waals surface area contributed by atoms with Crippen LogP contribution in [0.3, 0.4) is 0 Å². The molecule has 0 spiro atoms. The number of likely N-dealkylation sites (tertiary alicyclic amines) is 1. The Morgan fingerprint density at radius 1 is 1.30 bits per heavy atom. The molecule has 148 valence electrons. The molecule has 0 saturated carbocycles. The van der Waals surface area contributed by atoms with Crippen LogP contribution in [0, 0.1) is 16.0 Å². The normalized spacial score (nSPS) is 16.1. The van der Waals surface area contributed by atoms with Crippen LogP contribution in [-0.2, 0) is 9.59 Å². The molecular formula is C18H26N4O5. The summed E-state index contributed by atoms with van der Waals surface area (Å²) in [6, 6.07) is 5.32. The van der Waals surface area contributed by atoms with Crippen LogP contribution in [-0.4, -0.2) is 53.4 Å². The van der Waals surface area contributed by atoms with Crippen molar-refractivity contribution in [2.75, 3.05) is 19.6 Å². The zero-order valence-electron chi connectivity index (χ0n) is 15.6. The fourth-order valence-corrected chi connectivity index (χ4v) is 2.76. The number of nitro groups is 1. The second-order valence-corrected chi connectivity index (χ2v) is 6.94. The van der Waals surface area contributed by atoms with Gasteiger partial charge in [-0.05, 0) is 18.1 Å². The van der Waals surface area contributed by atoms with Gasteiger partial charge in [-0.1, -0.05) is 13.8 Å². The number of nitrogens with zero attached hydrogens (tertiary/aromatic N) is 2. The van der Waals surface area contributed by atoms with Crippen LogP contribution in [0.15, 0.2) is 24.3 Å². The Labute approximate surface area is 158 Å². The van der Waals surface area contributed by atoms with Crippen LogP contribution >= 0.6 is 0 Å². The molecule has 0 aliphatic carbocycles. The Balaban J connectivity index is 1.75. The van der Waals surface area contributed by atoms with Gasteiger partial charge in [-0.3, -0.25) is 19.7 Å². The van der Waals surface area contributed by atoms with Crippen LogP contribution in [0.5, 0.6) is 5.75 Å². The van der Waals surface area contributed by atoms with Crippen LogP contribution < -0.4 is 15.8 Å². The van der Waals surface area contributed by atoms with Gasteiger partial charge in [0.25, 0.3) is 5.69 Å². The largest absolute Gasteiger partial charge is 0.490 e. The second-order valence-electron chi connectivity index (χ2n) is 6.94. The van der Waals surface area contributed by atoms with Gasteiger partial charge >= 0.3 is 0 Å². The van der Waals surface area contributed by atoms with Crippen molar-refractivity contribution >= 4 is 17.5 Å². The first-order valence-corrected chi connectivity index (χ1v) is 9.00. The van der Waals surface area contributed by atoms with Crippen molar-refractivity contribution in [3.63, 3.8) is 0 Å². The number of hydrogen-bond acceptors (Lipinski definition) is 6. The molecule has 9 nitrogen and oxygen atoms in total. The lowest BCUT2D eigenvalue weighted by Gasteiger charge is -2.32. The Bertz CT molecular complexity index is 669. The molecule has 2 rings (SSSR count). The minimum absolute atomic E-state index is 0.00687. The van der Waals surface area contributed by atoms with E-state index in [1.807, 2.05) is 13.8 Å². The molecule has 0 unspecified atom stereocenters. The Kier molecular flexibility index (Phi) is 7.12. The van der Waals surface area contributed by atoms with E-state index >= 15 is 0 Å². The van der Waals surface area contributed by atoms with E-state index in [4.69, 9.17) is 10.5 Å². The summed E-state index contributed by atoms with van der Waals surface area (Å²) in [6.45, 7) is 4.70. The van der Waals surface area contributed by atoms with E-state index in [0.29, 0.717) is 31.7 Å². The van der Waals surface area contributed by atoms with Crippen molar-refractivity contribution in [1.82, 2.24) is 10.2 Å². The van der Waals surface area contributed by atoms with E-state index in [9.17, 15) is 19.7 Å². The first-order chi connectivity index (χ1) is 12.8. The molecule has 1 aliphatic heterocycles. The summed E-state index contributed by atoms with van der Waals surface area (Å²) in [7, 11) is 0.